The summed E-state index contributed by atoms with van der Waals surface area (Å²) in [6.45, 7) is 3.31. The van der Waals surface area contributed by atoms with Crippen LogP contribution in [0.15, 0.2) is 23.1 Å². The van der Waals surface area contributed by atoms with Gasteiger partial charge in [0.15, 0.2) is 0 Å². The molecule has 0 aromatic heterocycles. The van der Waals surface area contributed by atoms with Gasteiger partial charge in [-0.2, -0.15) is 0 Å². The standard InChI is InChI=1S/C28H50N2O2S/c1-4-5-6-7-8-9-10-11-12-13-14-15-16-17-18-26(29)25-23-24(19-20-27(25)33-3)28(31)30-21-22-32-2/h19-20,23,26H,4-18,21-22,29H2,1-3H3,(H,30,31). The highest BCUT2D eigenvalue weighted by Gasteiger charge is 2.14. The number of benzene rings is 1. The van der Waals surface area contributed by atoms with Crippen LogP contribution in [0.25, 0.3) is 0 Å². The molecule has 1 unspecified atom stereocenters. The molecule has 3 N–H and O–H groups in total. The molecule has 1 aromatic rings. The summed E-state index contributed by atoms with van der Waals surface area (Å²) in [5.41, 5.74) is 8.31. The summed E-state index contributed by atoms with van der Waals surface area (Å²) in [7, 11) is 1.63. The van der Waals surface area contributed by atoms with Crippen LogP contribution in [0.5, 0.6) is 0 Å². The quantitative estimate of drug-likeness (QED) is 0.141. The molecule has 0 radical (unpaired) electrons. The Morgan fingerprint density at radius 2 is 1.48 bits per heavy atom. The van der Waals surface area contributed by atoms with E-state index in [2.05, 4.69) is 18.5 Å². The number of thioether (sulfide) groups is 1. The maximum absolute atomic E-state index is 12.4. The third-order valence-corrected chi connectivity index (χ3v) is 7.16. The van der Waals surface area contributed by atoms with Crippen LogP contribution in [0.2, 0.25) is 0 Å². The fraction of sp³-hybridized carbons (Fsp3) is 0.750. The number of nitrogens with two attached hydrogens (primary N) is 1. The van der Waals surface area contributed by atoms with E-state index in [1.54, 1.807) is 18.9 Å². The molecule has 1 rings (SSSR count). The Morgan fingerprint density at radius 3 is 2.00 bits per heavy atom. The van der Waals surface area contributed by atoms with Gasteiger partial charge in [0.1, 0.15) is 0 Å². The highest BCUT2D eigenvalue weighted by atomic mass is 32.2. The number of carbonyl (C=O) groups is 1. The number of amides is 1. The van der Waals surface area contributed by atoms with E-state index in [1.165, 1.54) is 88.4 Å². The second-order valence-electron chi connectivity index (χ2n) is 9.20. The van der Waals surface area contributed by atoms with Gasteiger partial charge in [-0.1, -0.05) is 96.8 Å². The average molecular weight is 479 g/mol. The molecular weight excluding hydrogens is 428 g/mol. The van der Waals surface area contributed by atoms with E-state index >= 15 is 0 Å². The molecule has 0 saturated carbocycles. The van der Waals surface area contributed by atoms with Gasteiger partial charge in [-0.15, -0.1) is 11.8 Å². The predicted octanol–water partition coefficient (Wildman–Crippen LogP) is 7.66. The van der Waals surface area contributed by atoms with Crippen LogP contribution in [0.1, 0.15) is 125 Å². The van der Waals surface area contributed by atoms with E-state index in [0.29, 0.717) is 18.7 Å². The second kappa shape index (κ2) is 20.3. The molecule has 0 aliphatic rings. The molecule has 0 heterocycles. The van der Waals surface area contributed by atoms with Gasteiger partial charge >= 0.3 is 0 Å². The van der Waals surface area contributed by atoms with Crippen LogP contribution in [0, 0.1) is 0 Å². The summed E-state index contributed by atoms with van der Waals surface area (Å²) in [6, 6.07) is 5.87. The Hall–Kier alpha value is -1.04. The van der Waals surface area contributed by atoms with E-state index in [9.17, 15) is 4.79 Å². The summed E-state index contributed by atoms with van der Waals surface area (Å²) in [4.78, 5) is 13.5. The van der Waals surface area contributed by atoms with E-state index in [-0.39, 0.29) is 11.9 Å². The van der Waals surface area contributed by atoms with Gasteiger partial charge in [-0.05, 0) is 36.4 Å². The molecule has 4 nitrogen and oxygen atoms in total. The molecule has 0 bridgehead atoms. The first-order valence-corrected chi connectivity index (χ1v) is 14.6. The normalized spacial score (nSPS) is 12.1. The van der Waals surface area contributed by atoms with E-state index in [0.717, 1.165) is 18.4 Å². The third-order valence-electron chi connectivity index (χ3n) is 6.35. The summed E-state index contributed by atoms with van der Waals surface area (Å²) in [6.07, 6.45) is 22.1. The van der Waals surface area contributed by atoms with Crippen molar-refractivity contribution in [3.05, 3.63) is 29.3 Å². The molecule has 190 valence electrons. The molecule has 33 heavy (non-hydrogen) atoms. The summed E-state index contributed by atoms with van der Waals surface area (Å²) in [5, 5.41) is 2.89. The number of methoxy groups -OCH3 is 1. The lowest BCUT2D eigenvalue weighted by molar-refractivity contribution is 0.0937. The zero-order valence-electron chi connectivity index (χ0n) is 21.6. The van der Waals surface area contributed by atoms with Crippen LogP contribution in [-0.2, 0) is 4.74 Å². The SMILES string of the molecule is CCCCCCCCCCCCCCCCC(N)c1cc(C(=O)NCCOC)ccc1SC. The smallest absolute Gasteiger partial charge is 0.251 e. The summed E-state index contributed by atoms with van der Waals surface area (Å²) < 4.78 is 5.00. The van der Waals surface area contributed by atoms with Crippen LogP contribution in [0.4, 0.5) is 0 Å². The van der Waals surface area contributed by atoms with Gasteiger partial charge in [0.05, 0.1) is 6.61 Å². The largest absolute Gasteiger partial charge is 0.383 e. The van der Waals surface area contributed by atoms with Crippen LogP contribution in [0.3, 0.4) is 0 Å². The first-order chi connectivity index (χ1) is 16.1. The zero-order valence-corrected chi connectivity index (χ0v) is 22.4. The van der Waals surface area contributed by atoms with Crippen molar-refractivity contribution >= 4 is 17.7 Å². The number of unbranched alkanes of at least 4 members (excludes halogenated alkanes) is 13. The van der Waals surface area contributed by atoms with Crippen LogP contribution >= 0.6 is 11.8 Å². The number of ether oxygens (including phenoxy) is 1. The molecule has 0 aliphatic carbocycles. The Kier molecular flexibility index (Phi) is 18.5. The van der Waals surface area contributed by atoms with Gasteiger partial charge in [0.25, 0.3) is 5.91 Å². The van der Waals surface area contributed by atoms with E-state index in [1.807, 2.05) is 18.2 Å². The highest BCUT2D eigenvalue weighted by molar-refractivity contribution is 7.98. The van der Waals surface area contributed by atoms with Gasteiger partial charge in [0, 0.05) is 30.2 Å². The van der Waals surface area contributed by atoms with Crippen molar-refractivity contribution < 1.29 is 9.53 Å². The number of carbonyl (C=O) groups excluding carboxylic acids is 1. The maximum atomic E-state index is 12.4. The van der Waals surface area contributed by atoms with Crippen molar-refractivity contribution in [1.82, 2.24) is 5.32 Å². The Labute approximate surface area is 208 Å². The van der Waals surface area contributed by atoms with Gasteiger partial charge in [0.2, 0.25) is 0 Å². The lowest BCUT2D eigenvalue weighted by atomic mass is 9.98. The van der Waals surface area contributed by atoms with Crippen LogP contribution < -0.4 is 11.1 Å². The number of rotatable bonds is 21. The average Bonchev–Trinajstić information content (AvgIpc) is 2.83. The maximum Gasteiger partial charge on any atom is 0.251 e. The number of hydrogen-bond donors (Lipinski definition) is 2. The van der Waals surface area contributed by atoms with Gasteiger partial charge in [-0.25, -0.2) is 0 Å². The Morgan fingerprint density at radius 1 is 0.939 bits per heavy atom. The monoisotopic (exact) mass is 478 g/mol. The van der Waals surface area contributed by atoms with Crippen molar-refractivity contribution in [3.63, 3.8) is 0 Å². The minimum atomic E-state index is -0.0651. The lowest BCUT2D eigenvalue weighted by Gasteiger charge is -2.17. The zero-order chi connectivity index (χ0) is 24.2. The van der Waals surface area contributed by atoms with Crippen LogP contribution in [-0.4, -0.2) is 32.4 Å². The Balaban J connectivity index is 2.20. The molecular formula is C28H50N2O2S. The summed E-state index contributed by atoms with van der Waals surface area (Å²) >= 11 is 1.70. The van der Waals surface area contributed by atoms with Gasteiger partial charge in [-0.3, -0.25) is 4.79 Å². The van der Waals surface area contributed by atoms with Crippen molar-refractivity contribution in [2.24, 2.45) is 5.73 Å². The highest BCUT2D eigenvalue weighted by Crippen LogP contribution is 2.29. The molecule has 1 atom stereocenters. The fourth-order valence-electron chi connectivity index (χ4n) is 4.25. The number of nitrogens with one attached hydrogen (secondary N) is 1. The third kappa shape index (κ3) is 14.1. The first kappa shape index (κ1) is 30.0. The first-order valence-electron chi connectivity index (χ1n) is 13.3. The van der Waals surface area contributed by atoms with E-state index in [4.69, 9.17) is 10.5 Å². The van der Waals surface area contributed by atoms with Crippen molar-refractivity contribution in [2.45, 2.75) is 114 Å². The molecule has 1 amide bonds. The van der Waals surface area contributed by atoms with Crippen molar-refractivity contribution in [1.29, 1.82) is 0 Å². The summed E-state index contributed by atoms with van der Waals surface area (Å²) in [5.74, 6) is -0.0651. The van der Waals surface area contributed by atoms with Crippen molar-refractivity contribution in [3.8, 4) is 0 Å². The van der Waals surface area contributed by atoms with Crippen molar-refractivity contribution in [2.75, 3.05) is 26.5 Å². The molecule has 0 aliphatic heterocycles. The fourth-order valence-corrected chi connectivity index (χ4v) is 4.90. The lowest BCUT2D eigenvalue weighted by Crippen LogP contribution is -2.27. The molecule has 0 fully saturated rings. The molecule has 0 saturated heterocycles. The second-order valence-corrected chi connectivity index (χ2v) is 10.0. The molecule has 0 spiro atoms. The molecule has 5 heteroatoms. The topological polar surface area (TPSA) is 64.4 Å². The van der Waals surface area contributed by atoms with E-state index < -0.39 is 0 Å². The minimum Gasteiger partial charge on any atom is -0.383 e. The predicted molar refractivity (Wildman–Crippen MR) is 144 cm³/mol. The number of hydrogen-bond acceptors (Lipinski definition) is 4. The van der Waals surface area contributed by atoms with Gasteiger partial charge < -0.3 is 15.8 Å². The Bertz CT molecular complexity index is 624. The molecule has 1 aromatic carbocycles. The minimum absolute atomic E-state index is 0.0171.